The standard InChI is InChI=1S/C27H27N3O4/c1-32-18-10-8-17(9-11-18)26-25-21(20-6-4-5-7-22(20)28-25)14-15-30(26)27(31)29-23-13-12-19(33-2)16-24(23)34-3/h4-13,16,26,28H,14-15H2,1-3H3,(H,29,31)/t26-/m1/s1. The molecule has 34 heavy (non-hydrogen) atoms. The van der Waals surface area contributed by atoms with Gasteiger partial charge in [-0.25, -0.2) is 4.79 Å². The fourth-order valence-electron chi connectivity index (χ4n) is 4.68. The van der Waals surface area contributed by atoms with Crippen LogP contribution in [0.25, 0.3) is 10.9 Å². The number of aromatic nitrogens is 1. The van der Waals surface area contributed by atoms with Crippen LogP contribution in [0.3, 0.4) is 0 Å². The zero-order valence-electron chi connectivity index (χ0n) is 19.4. The van der Waals surface area contributed by atoms with Gasteiger partial charge >= 0.3 is 6.03 Å². The minimum Gasteiger partial charge on any atom is -0.497 e. The lowest BCUT2D eigenvalue weighted by Gasteiger charge is -2.36. The van der Waals surface area contributed by atoms with Gasteiger partial charge in [0.15, 0.2) is 0 Å². The number of ether oxygens (including phenoxy) is 3. The minimum atomic E-state index is -0.272. The third-order valence-electron chi connectivity index (χ3n) is 6.38. The zero-order valence-corrected chi connectivity index (χ0v) is 19.4. The molecule has 1 aromatic heterocycles. The average molecular weight is 458 g/mol. The molecule has 0 unspecified atom stereocenters. The highest BCUT2D eigenvalue weighted by molar-refractivity contribution is 5.93. The lowest BCUT2D eigenvalue weighted by atomic mass is 9.92. The first-order valence-corrected chi connectivity index (χ1v) is 11.2. The summed E-state index contributed by atoms with van der Waals surface area (Å²) in [5.74, 6) is 1.97. The van der Waals surface area contributed by atoms with E-state index in [-0.39, 0.29) is 12.1 Å². The average Bonchev–Trinajstić information content (AvgIpc) is 3.27. The van der Waals surface area contributed by atoms with Crippen LogP contribution in [0.1, 0.15) is 22.9 Å². The third-order valence-corrected chi connectivity index (χ3v) is 6.38. The summed E-state index contributed by atoms with van der Waals surface area (Å²) < 4.78 is 16.1. The van der Waals surface area contributed by atoms with Crippen LogP contribution in [-0.4, -0.2) is 43.8 Å². The summed E-state index contributed by atoms with van der Waals surface area (Å²) >= 11 is 0. The van der Waals surface area contributed by atoms with Crippen molar-refractivity contribution in [1.82, 2.24) is 9.88 Å². The Bertz CT molecular complexity index is 1330. The summed E-state index contributed by atoms with van der Waals surface area (Å²) in [5, 5.41) is 4.24. The van der Waals surface area contributed by atoms with E-state index in [0.29, 0.717) is 23.7 Å². The molecule has 7 nitrogen and oxygen atoms in total. The van der Waals surface area contributed by atoms with Crippen molar-refractivity contribution in [3.8, 4) is 17.2 Å². The van der Waals surface area contributed by atoms with E-state index in [9.17, 15) is 4.79 Å². The molecule has 3 aromatic carbocycles. The molecule has 0 aliphatic carbocycles. The number of rotatable bonds is 5. The molecule has 0 bridgehead atoms. The molecule has 5 rings (SSSR count). The number of nitrogens with one attached hydrogen (secondary N) is 2. The maximum atomic E-state index is 13.6. The topological polar surface area (TPSA) is 75.8 Å². The molecule has 7 heteroatoms. The molecule has 0 fully saturated rings. The van der Waals surface area contributed by atoms with Crippen molar-refractivity contribution >= 4 is 22.6 Å². The van der Waals surface area contributed by atoms with Crippen LogP contribution in [0.4, 0.5) is 10.5 Å². The Morgan fingerprint density at radius 1 is 0.941 bits per heavy atom. The number of para-hydroxylation sites is 1. The second-order valence-corrected chi connectivity index (χ2v) is 8.18. The molecule has 0 saturated heterocycles. The van der Waals surface area contributed by atoms with E-state index in [1.165, 1.54) is 10.9 Å². The van der Waals surface area contributed by atoms with E-state index < -0.39 is 0 Å². The number of urea groups is 1. The quantitative estimate of drug-likeness (QED) is 0.422. The molecule has 1 aliphatic rings. The van der Waals surface area contributed by atoms with E-state index in [1.807, 2.05) is 41.3 Å². The number of anilines is 1. The summed E-state index contributed by atoms with van der Waals surface area (Å²) in [6.45, 7) is 0.579. The van der Waals surface area contributed by atoms with Gasteiger partial charge in [-0.2, -0.15) is 0 Å². The number of methoxy groups -OCH3 is 3. The normalized spacial score (nSPS) is 15.0. The molecule has 0 saturated carbocycles. The maximum absolute atomic E-state index is 13.6. The van der Waals surface area contributed by atoms with Gasteiger partial charge in [-0.15, -0.1) is 0 Å². The highest BCUT2D eigenvalue weighted by atomic mass is 16.5. The fraction of sp³-hybridized carbons (Fsp3) is 0.222. The Kier molecular flexibility index (Phi) is 5.76. The van der Waals surface area contributed by atoms with Gasteiger partial charge < -0.3 is 29.4 Å². The molecule has 0 radical (unpaired) electrons. The van der Waals surface area contributed by atoms with Crippen molar-refractivity contribution in [3.63, 3.8) is 0 Å². The van der Waals surface area contributed by atoms with E-state index in [0.717, 1.165) is 28.9 Å². The molecule has 4 aromatic rings. The number of hydrogen-bond donors (Lipinski definition) is 2. The Morgan fingerprint density at radius 2 is 1.68 bits per heavy atom. The van der Waals surface area contributed by atoms with Crippen LogP contribution in [0.5, 0.6) is 17.2 Å². The first-order chi connectivity index (χ1) is 16.6. The molecule has 2 amide bonds. The number of nitrogens with zero attached hydrogens (tertiary/aromatic N) is 1. The Labute approximate surface area is 198 Å². The first-order valence-electron chi connectivity index (χ1n) is 11.2. The smallest absolute Gasteiger partial charge is 0.322 e. The monoisotopic (exact) mass is 457 g/mol. The summed E-state index contributed by atoms with van der Waals surface area (Å²) in [6, 6.07) is 21.0. The van der Waals surface area contributed by atoms with Crippen LogP contribution < -0.4 is 19.5 Å². The Hall–Kier alpha value is -4.13. The van der Waals surface area contributed by atoms with Gasteiger partial charge in [-0.3, -0.25) is 0 Å². The van der Waals surface area contributed by atoms with Gasteiger partial charge in [0, 0.05) is 29.2 Å². The number of H-pyrrole nitrogens is 1. The summed E-state index contributed by atoms with van der Waals surface area (Å²) in [4.78, 5) is 19.1. The minimum absolute atomic E-state index is 0.200. The van der Waals surface area contributed by atoms with Crippen LogP contribution in [-0.2, 0) is 6.42 Å². The molecule has 2 N–H and O–H groups in total. The second kappa shape index (κ2) is 9.02. The van der Waals surface area contributed by atoms with Crippen molar-refractivity contribution in [2.45, 2.75) is 12.5 Å². The lowest BCUT2D eigenvalue weighted by Crippen LogP contribution is -2.43. The SMILES string of the molecule is COc1ccc([C@@H]2c3[nH]c4ccccc4c3CCN2C(=O)Nc2ccc(OC)cc2OC)cc1. The second-order valence-electron chi connectivity index (χ2n) is 8.18. The molecule has 174 valence electrons. The zero-order chi connectivity index (χ0) is 23.7. The van der Waals surface area contributed by atoms with Crippen molar-refractivity contribution in [1.29, 1.82) is 0 Å². The van der Waals surface area contributed by atoms with Crippen LogP contribution in [0.15, 0.2) is 66.7 Å². The summed E-state index contributed by atoms with van der Waals surface area (Å²) in [6.07, 6.45) is 0.763. The Balaban J connectivity index is 1.54. The number of aromatic amines is 1. The van der Waals surface area contributed by atoms with Crippen LogP contribution in [0.2, 0.25) is 0 Å². The lowest BCUT2D eigenvalue weighted by molar-refractivity contribution is 0.193. The van der Waals surface area contributed by atoms with Crippen LogP contribution in [0, 0.1) is 0 Å². The van der Waals surface area contributed by atoms with Crippen molar-refractivity contribution < 1.29 is 19.0 Å². The highest BCUT2D eigenvalue weighted by Gasteiger charge is 2.35. The third kappa shape index (κ3) is 3.79. The fourth-order valence-corrected chi connectivity index (χ4v) is 4.68. The molecule has 0 spiro atoms. The van der Waals surface area contributed by atoms with Gasteiger partial charge in [-0.1, -0.05) is 30.3 Å². The predicted octanol–water partition coefficient (Wildman–Crippen LogP) is 5.37. The van der Waals surface area contributed by atoms with E-state index >= 15 is 0 Å². The number of carbonyl (C=O) groups is 1. The van der Waals surface area contributed by atoms with Crippen molar-refractivity contribution in [3.05, 3.63) is 83.6 Å². The van der Waals surface area contributed by atoms with Gasteiger partial charge in [-0.05, 0) is 47.9 Å². The number of benzene rings is 3. The summed E-state index contributed by atoms with van der Waals surface area (Å²) in [7, 11) is 4.81. The number of amides is 2. The number of fused-ring (bicyclic) bond motifs is 3. The molecule has 1 atom stereocenters. The molecule has 1 aliphatic heterocycles. The molecule has 2 heterocycles. The van der Waals surface area contributed by atoms with Crippen LogP contribution >= 0.6 is 0 Å². The van der Waals surface area contributed by atoms with Gasteiger partial charge in [0.2, 0.25) is 0 Å². The van der Waals surface area contributed by atoms with Gasteiger partial charge in [0.05, 0.1) is 33.1 Å². The van der Waals surface area contributed by atoms with Gasteiger partial charge in [0.1, 0.15) is 17.2 Å². The molecular formula is C27H27N3O4. The first kappa shape index (κ1) is 21.7. The van der Waals surface area contributed by atoms with Crippen molar-refractivity contribution in [2.24, 2.45) is 0 Å². The maximum Gasteiger partial charge on any atom is 0.322 e. The van der Waals surface area contributed by atoms with E-state index in [2.05, 4.69) is 22.4 Å². The Morgan fingerprint density at radius 3 is 2.41 bits per heavy atom. The highest BCUT2D eigenvalue weighted by Crippen LogP contribution is 2.39. The number of hydrogen-bond acceptors (Lipinski definition) is 4. The number of carbonyl (C=O) groups excluding carboxylic acids is 1. The molecular weight excluding hydrogens is 430 g/mol. The summed E-state index contributed by atoms with van der Waals surface area (Å²) in [5.41, 5.74) is 4.96. The van der Waals surface area contributed by atoms with Gasteiger partial charge in [0.25, 0.3) is 0 Å². The van der Waals surface area contributed by atoms with E-state index in [1.54, 1.807) is 39.5 Å². The van der Waals surface area contributed by atoms with E-state index in [4.69, 9.17) is 14.2 Å². The van der Waals surface area contributed by atoms with Crippen molar-refractivity contribution in [2.75, 3.05) is 33.2 Å². The largest absolute Gasteiger partial charge is 0.497 e. The predicted molar refractivity (Wildman–Crippen MR) is 132 cm³/mol.